The predicted molar refractivity (Wildman–Crippen MR) is 36.9 cm³/mol. The van der Waals surface area contributed by atoms with Crippen molar-refractivity contribution in [3.8, 4) is 0 Å². The molecule has 11 heavy (non-hydrogen) atoms. The molecule has 0 aliphatic rings. The van der Waals surface area contributed by atoms with E-state index in [1.54, 1.807) is 0 Å². The van der Waals surface area contributed by atoms with Gasteiger partial charge in [0.25, 0.3) is 6.43 Å². The first-order valence-electron chi connectivity index (χ1n) is 2.70. The van der Waals surface area contributed by atoms with Gasteiger partial charge in [-0.3, -0.25) is 0 Å². The van der Waals surface area contributed by atoms with E-state index in [1.165, 1.54) is 0 Å². The number of hydrogen-bond acceptors (Lipinski definition) is 1. The molecule has 0 spiro atoms. The van der Waals surface area contributed by atoms with Gasteiger partial charge in [-0.15, -0.1) is 0 Å². The standard InChI is InChI=1S/C6H3BrF3N/c7-5-1-3(6(9)10)4(8)2-11-5/h1-2,6H. The molecule has 1 heterocycles. The maximum Gasteiger partial charge on any atom is 0.266 e. The Morgan fingerprint density at radius 3 is 2.55 bits per heavy atom. The average Bonchev–Trinajstić information content (AvgIpc) is 1.94. The molecule has 0 aromatic carbocycles. The van der Waals surface area contributed by atoms with Crippen LogP contribution in [0.5, 0.6) is 0 Å². The Kier molecular flexibility index (Phi) is 2.49. The van der Waals surface area contributed by atoms with E-state index in [-0.39, 0.29) is 4.60 Å². The minimum Gasteiger partial charge on any atom is -0.246 e. The monoisotopic (exact) mass is 225 g/mol. The van der Waals surface area contributed by atoms with E-state index >= 15 is 0 Å². The van der Waals surface area contributed by atoms with Gasteiger partial charge < -0.3 is 0 Å². The van der Waals surface area contributed by atoms with Crippen molar-refractivity contribution in [2.24, 2.45) is 0 Å². The lowest BCUT2D eigenvalue weighted by Gasteiger charge is -1.99. The van der Waals surface area contributed by atoms with E-state index in [2.05, 4.69) is 20.9 Å². The van der Waals surface area contributed by atoms with Gasteiger partial charge in [0.2, 0.25) is 0 Å². The first-order valence-corrected chi connectivity index (χ1v) is 3.49. The van der Waals surface area contributed by atoms with Crippen molar-refractivity contribution < 1.29 is 13.2 Å². The number of rotatable bonds is 1. The van der Waals surface area contributed by atoms with Crippen molar-refractivity contribution in [1.29, 1.82) is 0 Å². The molecule has 5 heteroatoms. The molecule has 0 amide bonds. The highest BCUT2D eigenvalue weighted by molar-refractivity contribution is 9.10. The van der Waals surface area contributed by atoms with Gasteiger partial charge in [0.15, 0.2) is 0 Å². The molecule has 0 bridgehead atoms. The third kappa shape index (κ3) is 1.92. The second kappa shape index (κ2) is 3.21. The van der Waals surface area contributed by atoms with Crippen LogP contribution in [0.1, 0.15) is 12.0 Å². The van der Waals surface area contributed by atoms with Crippen LogP contribution in [0.4, 0.5) is 13.2 Å². The van der Waals surface area contributed by atoms with Gasteiger partial charge in [0, 0.05) is 0 Å². The Bertz CT molecular complexity index is 264. The minimum atomic E-state index is -2.80. The van der Waals surface area contributed by atoms with Crippen molar-refractivity contribution >= 4 is 15.9 Å². The number of nitrogens with zero attached hydrogens (tertiary/aromatic N) is 1. The van der Waals surface area contributed by atoms with Crippen LogP contribution in [-0.2, 0) is 0 Å². The SMILES string of the molecule is Fc1cnc(Br)cc1C(F)F. The number of alkyl halides is 2. The summed E-state index contributed by atoms with van der Waals surface area (Å²) in [5.74, 6) is -0.983. The second-order valence-electron chi connectivity index (χ2n) is 1.83. The van der Waals surface area contributed by atoms with E-state index in [9.17, 15) is 13.2 Å². The third-order valence-corrected chi connectivity index (χ3v) is 1.52. The molecule has 0 aliphatic carbocycles. The van der Waals surface area contributed by atoms with Crippen LogP contribution in [0.15, 0.2) is 16.9 Å². The Hall–Kier alpha value is -0.580. The summed E-state index contributed by atoms with van der Waals surface area (Å²) in [6.07, 6.45) is -2.04. The quantitative estimate of drug-likeness (QED) is 0.671. The number of pyridine rings is 1. The first kappa shape index (κ1) is 8.52. The zero-order chi connectivity index (χ0) is 8.43. The van der Waals surface area contributed by atoms with Gasteiger partial charge >= 0.3 is 0 Å². The summed E-state index contributed by atoms with van der Waals surface area (Å²) in [5.41, 5.74) is -0.633. The third-order valence-electron chi connectivity index (χ3n) is 1.09. The number of hydrogen-bond donors (Lipinski definition) is 0. The Labute approximate surface area is 69.4 Å². The van der Waals surface area contributed by atoms with Gasteiger partial charge in [-0.1, -0.05) is 0 Å². The van der Waals surface area contributed by atoms with Crippen LogP contribution >= 0.6 is 15.9 Å². The van der Waals surface area contributed by atoms with Gasteiger partial charge in [-0.05, 0) is 22.0 Å². The molecule has 1 aromatic heterocycles. The highest BCUT2D eigenvalue weighted by Crippen LogP contribution is 2.23. The van der Waals surface area contributed by atoms with E-state index in [4.69, 9.17) is 0 Å². The summed E-state index contributed by atoms with van der Waals surface area (Å²) in [5, 5.41) is 0. The average molecular weight is 226 g/mol. The molecule has 1 aromatic rings. The Morgan fingerprint density at radius 1 is 1.45 bits per heavy atom. The Morgan fingerprint density at radius 2 is 2.09 bits per heavy atom. The molecule has 0 fully saturated rings. The summed E-state index contributed by atoms with van der Waals surface area (Å²) in [7, 11) is 0. The highest BCUT2D eigenvalue weighted by atomic mass is 79.9. The molecule has 1 nitrogen and oxygen atoms in total. The fourth-order valence-electron chi connectivity index (χ4n) is 0.595. The van der Waals surface area contributed by atoms with Crippen LogP contribution in [0.2, 0.25) is 0 Å². The maximum absolute atomic E-state index is 12.5. The molecule has 0 N–H and O–H groups in total. The van der Waals surface area contributed by atoms with Crippen LogP contribution in [0, 0.1) is 5.82 Å². The zero-order valence-corrected chi connectivity index (χ0v) is 6.78. The minimum absolute atomic E-state index is 0.203. The summed E-state index contributed by atoms with van der Waals surface area (Å²) in [4.78, 5) is 3.43. The lowest BCUT2D eigenvalue weighted by atomic mass is 10.3. The number of aromatic nitrogens is 1. The van der Waals surface area contributed by atoms with Gasteiger partial charge in [-0.2, -0.15) is 0 Å². The summed E-state index contributed by atoms with van der Waals surface area (Å²) in [6.45, 7) is 0. The second-order valence-corrected chi connectivity index (χ2v) is 2.64. The van der Waals surface area contributed by atoms with Crippen LogP contribution in [0.25, 0.3) is 0 Å². The summed E-state index contributed by atoms with van der Waals surface area (Å²) >= 11 is 2.85. The molecule has 0 aliphatic heterocycles. The lowest BCUT2D eigenvalue weighted by molar-refractivity contribution is 0.146. The fraction of sp³-hybridized carbons (Fsp3) is 0.167. The Balaban J connectivity index is 3.13. The van der Waals surface area contributed by atoms with Crippen molar-refractivity contribution in [1.82, 2.24) is 4.98 Å². The van der Waals surface area contributed by atoms with Gasteiger partial charge in [-0.25, -0.2) is 18.2 Å². The molecule has 0 saturated heterocycles. The molecule has 0 unspecified atom stereocenters. The normalized spacial score (nSPS) is 10.6. The summed E-state index contributed by atoms with van der Waals surface area (Å²) in [6, 6.07) is 0.958. The lowest BCUT2D eigenvalue weighted by Crippen LogP contribution is -1.91. The van der Waals surface area contributed by atoms with Crippen molar-refractivity contribution in [3.05, 3.63) is 28.2 Å². The molecule has 60 valence electrons. The molecular formula is C6H3BrF3N. The van der Waals surface area contributed by atoms with Crippen molar-refractivity contribution in [3.63, 3.8) is 0 Å². The van der Waals surface area contributed by atoms with Crippen molar-refractivity contribution in [2.75, 3.05) is 0 Å². The first-order chi connectivity index (χ1) is 5.11. The van der Waals surface area contributed by atoms with E-state index in [1.807, 2.05) is 0 Å². The molecule has 0 atom stereocenters. The van der Waals surface area contributed by atoms with Crippen LogP contribution in [-0.4, -0.2) is 4.98 Å². The van der Waals surface area contributed by atoms with E-state index < -0.39 is 17.8 Å². The maximum atomic E-state index is 12.5. The highest BCUT2D eigenvalue weighted by Gasteiger charge is 2.13. The fourth-order valence-corrected chi connectivity index (χ4v) is 0.944. The largest absolute Gasteiger partial charge is 0.266 e. The summed E-state index contributed by atoms with van der Waals surface area (Å²) < 4.78 is 36.5. The topological polar surface area (TPSA) is 12.9 Å². The molecule has 1 rings (SSSR count). The van der Waals surface area contributed by atoms with Crippen molar-refractivity contribution in [2.45, 2.75) is 6.43 Å². The van der Waals surface area contributed by atoms with Crippen LogP contribution in [0.3, 0.4) is 0 Å². The van der Waals surface area contributed by atoms with E-state index in [0.717, 1.165) is 12.3 Å². The molecule has 0 saturated carbocycles. The molecule has 0 radical (unpaired) electrons. The van der Waals surface area contributed by atoms with E-state index in [0.29, 0.717) is 0 Å². The zero-order valence-electron chi connectivity index (χ0n) is 5.19. The van der Waals surface area contributed by atoms with Gasteiger partial charge in [0.05, 0.1) is 11.8 Å². The predicted octanol–water partition coefficient (Wildman–Crippen LogP) is 2.92. The smallest absolute Gasteiger partial charge is 0.246 e. The number of halogens is 4. The van der Waals surface area contributed by atoms with Crippen LogP contribution < -0.4 is 0 Å². The van der Waals surface area contributed by atoms with Gasteiger partial charge in [0.1, 0.15) is 10.4 Å². The molecular weight excluding hydrogens is 223 g/mol.